The Morgan fingerprint density at radius 1 is 0.536 bits per heavy atom. The summed E-state index contributed by atoms with van der Waals surface area (Å²) in [7, 11) is 0. The number of para-hydroxylation sites is 2. The monoisotopic (exact) mass is 1080 g/mol. The zero-order chi connectivity index (χ0) is 49.2. The molecule has 0 amide bonds. The summed E-state index contributed by atoms with van der Waals surface area (Å²) in [6.45, 7) is 13.3. The number of benzene rings is 8. The maximum Gasteiger partial charge on any atom is 0.135 e. The smallest absolute Gasteiger partial charge is 0.135 e. The van der Waals surface area contributed by atoms with Gasteiger partial charge in [-0.25, -0.2) is 4.98 Å². The first-order chi connectivity index (χ1) is 34.1. The predicted octanol–water partition coefficient (Wildman–Crippen LogP) is 16.9. The van der Waals surface area contributed by atoms with Crippen molar-refractivity contribution in [2.45, 2.75) is 59.2 Å². The maximum atomic E-state index is 8.76. The minimum Gasteiger partial charge on any atom is -0.509 e. The van der Waals surface area contributed by atoms with E-state index in [0.29, 0.717) is 28.4 Å². The molecule has 0 atom stereocenters. The number of rotatable bonds is 8. The summed E-state index contributed by atoms with van der Waals surface area (Å²) >= 11 is 0. The van der Waals surface area contributed by atoms with Gasteiger partial charge in [0.1, 0.15) is 5.82 Å². The predicted molar refractivity (Wildman–Crippen MR) is 283 cm³/mol. The molecule has 0 saturated heterocycles. The van der Waals surface area contributed by atoms with E-state index in [9.17, 15) is 0 Å². The van der Waals surface area contributed by atoms with E-state index in [4.69, 9.17) is 13.8 Å². The van der Waals surface area contributed by atoms with E-state index < -0.39 is 6.85 Å². The summed E-state index contributed by atoms with van der Waals surface area (Å²) in [5, 5.41) is 1.90. The molecule has 0 unspecified atom stereocenters. The van der Waals surface area contributed by atoms with Crippen LogP contribution in [0.5, 0.6) is 11.5 Å². The van der Waals surface area contributed by atoms with Crippen LogP contribution in [0.1, 0.15) is 62.3 Å². The second-order valence-electron chi connectivity index (χ2n) is 19.7. The third-order valence-corrected chi connectivity index (χ3v) is 13.0. The Labute approximate surface area is 425 Å². The molecule has 0 bridgehead atoms. The van der Waals surface area contributed by atoms with Crippen LogP contribution in [-0.2, 0) is 31.9 Å². The van der Waals surface area contributed by atoms with Crippen LogP contribution < -0.4 is 14.5 Å². The third kappa shape index (κ3) is 8.77. The van der Waals surface area contributed by atoms with Crippen LogP contribution >= 0.6 is 0 Å². The van der Waals surface area contributed by atoms with Gasteiger partial charge in [0, 0.05) is 71.0 Å². The average Bonchev–Trinajstić information content (AvgIpc) is 3.92. The minimum atomic E-state index is -2.43. The fourth-order valence-electron chi connectivity index (χ4n) is 9.18. The van der Waals surface area contributed by atoms with Crippen LogP contribution in [0.15, 0.2) is 188 Å². The van der Waals surface area contributed by atoms with Crippen molar-refractivity contribution in [3.8, 4) is 50.7 Å². The molecule has 3 heterocycles. The van der Waals surface area contributed by atoms with E-state index in [1.165, 1.54) is 11.1 Å². The molecule has 11 rings (SSSR count). The molecule has 6 heteroatoms. The minimum absolute atomic E-state index is 0. The van der Waals surface area contributed by atoms with Gasteiger partial charge in [-0.2, -0.15) is 12.1 Å². The molecule has 344 valence electrons. The topological polar surface area (TPSA) is 33.5 Å². The summed E-state index contributed by atoms with van der Waals surface area (Å²) in [4.78, 5) is 9.44. The Morgan fingerprint density at radius 3 is 1.80 bits per heavy atom. The second kappa shape index (κ2) is 18.0. The Kier molecular flexibility index (Phi) is 11.0. The van der Waals surface area contributed by atoms with Crippen molar-refractivity contribution in [1.82, 2.24) is 9.55 Å². The summed E-state index contributed by atoms with van der Waals surface area (Å²) in [6, 6.07) is 68.9. The fourth-order valence-corrected chi connectivity index (χ4v) is 9.18. The maximum absolute atomic E-state index is 8.76. The standard InChI is InChI=1S/C63H53N4O.Pt/c1-42-33-61(64-40-56(42)46-27-25-45(26-28-46)43-17-10-8-11-18-43)67-57-32-29-47(44-19-12-9-13-20-44)34-55(57)54-31-30-53(39-60(54)67)68-52-22-16-21-50(38-52)65-41-66(59-24-15-14-23-58(59)65)51-36-48(62(2,3)4)35-49(37-51)63(5,6)7;/h8-37,40-41H,1-7H3;/q-3;/i1D3;. The van der Waals surface area contributed by atoms with Gasteiger partial charge in [-0.05, 0) is 104 Å². The molecule has 69 heavy (non-hydrogen) atoms. The van der Waals surface area contributed by atoms with E-state index in [0.717, 1.165) is 66.9 Å². The molecule has 0 spiro atoms. The van der Waals surface area contributed by atoms with Crippen molar-refractivity contribution in [2.24, 2.45) is 0 Å². The third-order valence-electron chi connectivity index (χ3n) is 13.0. The van der Waals surface area contributed by atoms with Gasteiger partial charge in [0.2, 0.25) is 0 Å². The Morgan fingerprint density at radius 2 is 1.13 bits per heavy atom. The van der Waals surface area contributed by atoms with E-state index in [1.54, 1.807) is 12.3 Å². The summed E-state index contributed by atoms with van der Waals surface area (Å²) < 4.78 is 35.0. The van der Waals surface area contributed by atoms with Gasteiger partial charge in [0.15, 0.2) is 0 Å². The van der Waals surface area contributed by atoms with Gasteiger partial charge in [-0.1, -0.05) is 162 Å². The average molecular weight is 1080 g/mol. The van der Waals surface area contributed by atoms with E-state index in [1.807, 2.05) is 95.6 Å². The molecular weight excluding hydrogens is 1020 g/mol. The van der Waals surface area contributed by atoms with E-state index >= 15 is 0 Å². The molecule has 1 aliphatic rings. The number of hydrogen-bond donors (Lipinski definition) is 0. The fraction of sp³-hybridized carbons (Fsp3) is 0.143. The molecule has 0 fully saturated rings. The number of ether oxygens (including phenoxy) is 1. The number of anilines is 4. The van der Waals surface area contributed by atoms with E-state index in [-0.39, 0.29) is 37.5 Å². The number of aromatic nitrogens is 2. The number of hydrogen-bond acceptors (Lipinski definition) is 4. The summed E-state index contributed by atoms with van der Waals surface area (Å²) in [5.74, 6) is 1.46. The molecule has 0 aliphatic carbocycles. The van der Waals surface area contributed by atoms with Gasteiger partial charge in [-0.3, -0.25) is 0 Å². The van der Waals surface area contributed by atoms with Crippen LogP contribution in [0.3, 0.4) is 0 Å². The second-order valence-corrected chi connectivity index (χ2v) is 19.7. The number of aryl methyl sites for hydroxylation is 1. The summed E-state index contributed by atoms with van der Waals surface area (Å²) in [6.07, 6.45) is 1.69. The molecular formula is C63H53N4OPt-3. The van der Waals surface area contributed by atoms with Gasteiger partial charge in [0.05, 0.1) is 0 Å². The Balaban J connectivity index is 0.00000596. The van der Waals surface area contributed by atoms with Gasteiger partial charge < -0.3 is 19.1 Å². The van der Waals surface area contributed by atoms with Crippen molar-refractivity contribution < 1.29 is 29.9 Å². The molecule has 8 aromatic carbocycles. The zero-order valence-electron chi connectivity index (χ0n) is 42.5. The SMILES string of the molecule is [2H]C([2H])([2H])c1cc(-n2c3[c-]c(Oc4[c-]c(N5[CH-]N(c6cc(C(C)(C)C)cc(C(C)(C)C)c6)c6ccccc65)ccc4)ccc3c3cc(-c4ccccc4)ccc32)ncc1-c1ccc(-c2ccccc2)cc1.[Pt]. The Bertz CT molecular complexity index is 3580. The van der Waals surface area contributed by atoms with Crippen molar-refractivity contribution in [1.29, 1.82) is 0 Å². The molecule has 2 aromatic heterocycles. The molecule has 10 aromatic rings. The van der Waals surface area contributed by atoms with Crippen LogP contribution in [0.4, 0.5) is 22.7 Å². The molecule has 0 radical (unpaired) electrons. The molecule has 1 aliphatic heterocycles. The molecule has 5 nitrogen and oxygen atoms in total. The zero-order valence-corrected chi connectivity index (χ0v) is 41.8. The van der Waals surface area contributed by atoms with Crippen molar-refractivity contribution >= 4 is 44.6 Å². The van der Waals surface area contributed by atoms with Gasteiger partial charge >= 0.3 is 0 Å². The van der Waals surface area contributed by atoms with E-state index in [2.05, 4.69) is 155 Å². The number of pyridine rings is 1. The number of fused-ring (bicyclic) bond motifs is 4. The van der Waals surface area contributed by atoms with Crippen molar-refractivity contribution in [3.63, 3.8) is 0 Å². The first kappa shape index (κ1) is 41.9. The number of nitrogens with zero attached hydrogens (tertiary/aromatic N) is 4. The first-order valence-corrected chi connectivity index (χ1v) is 23.2. The summed E-state index contributed by atoms with van der Waals surface area (Å²) in [5.41, 5.74) is 13.9. The van der Waals surface area contributed by atoms with Gasteiger partial charge in [-0.15, -0.1) is 48.1 Å². The van der Waals surface area contributed by atoms with Crippen LogP contribution in [-0.4, -0.2) is 9.55 Å². The molecule has 0 N–H and O–H groups in total. The van der Waals surface area contributed by atoms with Crippen LogP contribution in [0, 0.1) is 25.7 Å². The largest absolute Gasteiger partial charge is 0.509 e. The van der Waals surface area contributed by atoms with Crippen molar-refractivity contribution in [2.75, 3.05) is 9.80 Å². The van der Waals surface area contributed by atoms with Crippen molar-refractivity contribution in [3.05, 3.63) is 224 Å². The quantitative estimate of drug-likeness (QED) is 0.142. The Hall–Kier alpha value is -7.20. The molecule has 0 saturated carbocycles. The van der Waals surface area contributed by atoms with Gasteiger partial charge in [0.25, 0.3) is 0 Å². The first-order valence-electron chi connectivity index (χ1n) is 24.7. The normalized spacial score (nSPS) is 13.4. The van der Waals surface area contributed by atoms with Crippen LogP contribution in [0.25, 0.3) is 61.0 Å². The van der Waals surface area contributed by atoms with Crippen LogP contribution in [0.2, 0.25) is 0 Å².